The predicted octanol–water partition coefficient (Wildman–Crippen LogP) is 5.53. The van der Waals surface area contributed by atoms with Gasteiger partial charge in [-0.3, -0.25) is 0 Å². The second kappa shape index (κ2) is 7.92. The first kappa shape index (κ1) is 16.5. The van der Waals surface area contributed by atoms with Gasteiger partial charge in [-0.25, -0.2) is 4.39 Å². The van der Waals surface area contributed by atoms with Gasteiger partial charge in [0.25, 0.3) is 0 Å². The Balaban J connectivity index is 2.27. The maximum absolute atomic E-state index is 13.6. The minimum atomic E-state index is -0.220. The van der Waals surface area contributed by atoms with E-state index in [4.69, 9.17) is 11.6 Å². The Morgan fingerprint density at radius 1 is 1.24 bits per heavy atom. The Labute approximate surface area is 138 Å². The summed E-state index contributed by atoms with van der Waals surface area (Å²) in [6.07, 6.45) is 1.79. The van der Waals surface area contributed by atoms with Gasteiger partial charge in [0.05, 0.1) is 0 Å². The lowest BCUT2D eigenvalue weighted by Crippen LogP contribution is -2.24. The highest BCUT2D eigenvalue weighted by Crippen LogP contribution is 2.27. The molecule has 21 heavy (non-hydrogen) atoms. The van der Waals surface area contributed by atoms with Crippen molar-refractivity contribution < 1.29 is 4.39 Å². The standard InChI is InChI=1S/C17H18BrClFN/c1-2-8-21-17(10-12-4-3-5-13(19)9-12)15-11-14(20)6-7-16(15)18/h3-7,9,11,17,21H,2,8,10H2,1H3. The van der Waals surface area contributed by atoms with E-state index in [0.29, 0.717) is 0 Å². The molecule has 1 unspecified atom stereocenters. The summed E-state index contributed by atoms with van der Waals surface area (Å²) < 4.78 is 14.5. The summed E-state index contributed by atoms with van der Waals surface area (Å²) >= 11 is 9.56. The quantitative estimate of drug-likeness (QED) is 0.705. The van der Waals surface area contributed by atoms with Crippen LogP contribution in [0.4, 0.5) is 4.39 Å². The van der Waals surface area contributed by atoms with Gasteiger partial charge in [0, 0.05) is 15.5 Å². The summed E-state index contributed by atoms with van der Waals surface area (Å²) in [6, 6.07) is 12.6. The summed E-state index contributed by atoms with van der Waals surface area (Å²) in [7, 11) is 0. The summed E-state index contributed by atoms with van der Waals surface area (Å²) in [5.41, 5.74) is 2.07. The Morgan fingerprint density at radius 3 is 2.76 bits per heavy atom. The maximum atomic E-state index is 13.6. The van der Waals surface area contributed by atoms with Crippen molar-refractivity contribution >= 4 is 27.5 Å². The lowest BCUT2D eigenvalue weighted by molar-refractivity contribution is 0.522. The third-order valence-corrected chi connectivity index (χ3v) is 4.26. The third-order valence-electron chi connectivity index (χ3n) is 3.30. The van der Waals surface area contributed by atoms with Crippen LogP contribution in [0.25, 0.3) is 0 Å². The number of halogens is 3. The van der Waals surface area contributed by atoms with Crippen molar-refractivity contribution in [3.63, 3.8) is 0 Å². The normalized spacial score (nSPS) is 12.4. The molecular weight excluding hydrogens is 353 g/mol. The Hall–Kier alpha value is -0.900. The van der Waals surface area contributed by atoms with Crippen molar-refractivity contribution in [2.24, 2.45) is 0 Å². The highest BCUT2D eigenvalue weighted by atomic mass is 79.9. The molecule has 1 nitrogen and oxygen atoms in total. The molecule has 0 heterocycles. The van der Waals surface area contributed by atoms with Gasteiger partial charge >= 0.3 is 0 Å². The van der Waals surface area contributed by atoms with E-state index in [1.807, 2.05) is 24.3 Å². The highest BCUT2D eigenvalue weighted by Gasteiger charge is 2.15. The van der Waals surface area contributed by atoms with E-state index >= 15 is 0 Å². The minimum Gasteiger partial charge on any atom is -0.310 e. The van der Waals surface area contributed by atoms with E-state index in [2.05, 4.69) is 28.2 Å². The van der Waals surface area contributed by atoms with Gasteiger partial charge in [0.1, 0.15) is 5.82 Å². The smallest absolute Gasteiger partial charge is 0.123 e. The first-order chi connectivity index (χ1) is 10.1. The van der Waals surface area contributed by atoms with Crippen molar-refractivity contribution in [2.75, 3.05) is 6.54 Å². The molecule has 0 saturated carbocycles. The molecule has 0 aliphatic carbocycles. The predicted molar refractivity (Wildman–Crippen MR) is 90.3 cm³/mol. The van der Waals surface area contributed by atoms with E-state index in [-0.39, 0.29) is 11.9 Å². The molecule has 2 rings (SSSR count). The summed E-state index contributed by atoms with van der Waals surface area (Å²) in [5, 5.41) is 4.20. The van der Waals surface area contributed by atoms with Crippen LogP contribution in [0.15, 0.2) is 46.9 Å². The Kier molecular flexibility index (Phi) is 6.22. The fourth-order valence-electron chi connectivity index (χ4n) is 2.29. The largest absolute Gasteiger partial charge is 0.310 e. The molecule has 1 N–H and O–H groups in total. The summed E-state index contributed by atoms with van der Waals surface area (Å²) in [4.78, 5) is 0. The van der Waals surface area contributed by atoms with E-state index < -0.39 is 0 Å². The molecular formula is C17H18BrClFN. The number of benzene rings is 2. The van der Waals surface area contributed by atoms with E-state index in [1.165, 1.54) is 6.07 Å². The van der Waals surface area contributed by atoms with Gasteiger partial charge in [0.2, 0.25) is 0 Å². The monoisotopic (exact) mass is 369 g/mol. The molecule has 0 aromatic heterocycles. The van der Waals surface area contributed by atoms with Gasteiger partial charge < -0.3 is 5.32 Å². The number of hydrogen-bond donors (Lipinski definition) is 1. The zero-order chi connectivity index (χ0) is 15.2. The fraction of sp³-hybridized carbons (Fsp3) is 0.294. The zero-order valence-corrected chi connectivity index (χ0v) is 14.2. The lowest BCUT2D eigenvalue weighted by atomic mass is 9.98. The maximum Gasteiger partial charge on any atom is 0.123 e. The molecule has 0 aliphatic heterocycles. The van der Waals surface area contributed by atoms with Crippen molar-refractivity contribution in [3.05, 3.63) is 68.9 Å². The molecule has 0 amide bonds. The molecule has 0 radical (unpaired) electrons. The molecule has 0 spiro atoms. The molecule has 2 aromatic carbocycles. The van der Waals surface area contributed by atoms with Gasteiger partial charge in [-0.1, -0.05) is 46.6 Å². The topological polar surface area (TPSA) is 12.0 Å². The van der Waals surface area contributed by atoms with Crippen LogP contribution in [0.2, 0.25) is 5.02 Å². The van der Waals surface area contributed by atoms with E-state index in [1.54, 1.807) is 12.1 Å². The van der Waals surface area contributed by atoms with Crippen LogP contribution in [0, 0.1) is 5.82 Å². The second-order valence-corrected chi connectivity index (χ2v) is 6.30. The van der Waals surface area contributed by atoms with Crippen molar-refractivity contribution in [1.82, 2.24) is 5.32 Å². The van der Waals surface area contributed by atoms with Crippen molar-refractivity contribution in [2.45, 2.75) is 25.8 Å². The summed E-state index contributed by atoms with van der Waals surface area (Å²) in [6.45, 7) is 3.00. The molecule has 4 heteroatoms. The van der Waals surface area contributed by atoms with E-state index in [0.717, 1.165) is 40.0 Å². The molecule has 1 atom stereocenters. The Morgan fingerprint density at radius 2 is 2.05 bits per heavy atom. The van der Waals surface area contributed by atoms with Gasteiger partial charge in [-0.2, -0.15) is 0 Å². The van der Waals surface area contributed by atoms with Gasteiger partial charge in [0.15, 0.2) is 0 Å². The van der Waals surface area contributed by atoms with E-state index in [9.17, 15) is 4.39 Å². The lowest BCUT2D eigenvalue weighted by Gasteiger charge is -2.21. The molecule has 2 aromatic rings. The molecule has 0 bridgehead atoms. The van der Waals surface area contributed by atoms with Crippen LogP contribution in [0.5, 0.6) is 0 Å². The average molecular weight is 371 g/mol. The van der Waals surface area contributed by atoms with Crippen LogP contribution in [-0.4, -0.2) is 6.54 Å². The Bertz CT molecular complexity index is 603. The minimum absolute atomic E-state index is 0.0495. The fourth-order valence-corrected chi connectivity index (χ4v) is 3.03. The van der Waals surface area contributed by atoms with Crippen molar-refractivity contribution in [1.29, 1.82) is 0 Å². The van der Waals surface area contributed by atoms with Gasteiger partial charge in [-0.05, 0) is 60.8 Å². The molecule has 0 aliphatic rings. The zero-order valence-electron chi connectivity index (χ0n) is 11.9. The second-order valence-electron chi connectivity index (χ2n) is 5.01. The van der Waals surface area contributed by atoms with Crippen LogP contribution in [0.3, 0.4) is 0 Å². The average Bonchev–Trinajstić information content (AvgIpc) is 2.46. The molecule has 112 valence electrons. The van der Waals surface area contributed by atoms with Crippen LogP contribution in [0.1, 0.15) is 30.5 Å². The number of hydrogen-bond acceptors (Lipinski definition) is 1. The summed E-state index contributed by atoms with van der Waals surface area (Å²) in [5.74, 6) is -0.220. The number of rotatable bonds is 6. The SMILES string of the molecule is CCCNC(Cc1cccc(Cl)c1)c1cc(F)ccc1Br. The van der Waals surface area contributed by atoms with Crippen LogP contribution in [-0.2, 0) is 6.42 Å². The first-order valence-electron chi connectivity index (χ1n) is 7.03. The molecule has 0 saturated heterocycles. The van der Waals surface area contributed by atoms with Crippen LogP contribution < -0.4 is 5.32 Å². The van der Waals surface area contributed by atoms with Gasteiger partial charge in [-0.15, -0.1) is 0 Å². The number of nitrogens with one attached hydrogen (secondary N) is 1. The third kappa shape index (κ3) is 4.80. The first-order valence-corrected chi connectivity index (χ1v) is 8.20. The highest BCUT2D eigenvalue weighted by molar-refractivity contribution is 9.10. The van der Waals surface area contributed by atoms with Crippen molar-refractivity contribution in [3.8, 4) is 0 Å². The van der Waals surface area contributed by atoms with Crippen LogP contribution >= 0.6 is 27.5 Å². The molecule has 0 fully saturated rings.